The van der Waals surface area contributed by atoms with Gasteiger partial charge in [-0.05, 0) is 37.7 Å². The van der Waals surface area contributed by atoms with Crippen molar-refractivity contribution in [2.75, 3.05) is 20.7 Å². The summed E-state index contributed by atoms with van der Waals surface area (Å²) in [5.74, 6) is -1.51. The maximum atomic E-state index is 14.3. The smallest absolute Gasteiger partial charge is 0.305 e. The highest BCUT2D eigenvalue weighted by molar-refractivity contribution is 5.69. The lowest BCUT2D eigenvalue weighted by molar-refractivity contribution is -0.140. The average molecular weight is 334 g/mol. The van der Waals surface area contributed by atoms with E-state index in [2.05, 4.69) is 9.72 Å². The van der Waals surface area contributed by atoms with E-state index in [-0.39, 0.29) is 12.4 Å². The summed E-state index contributed by atoms with van der Waals surface area (Å²) in [5.41, 5.74) is 1.16. The molecule has 0 saturated heterocycles. The molecule has 0 aliphatic rings. The lowest BCUT2D eigenvalue weighted by Crippen LogP contribution is -2.28. The predicted octanol–water partition coefficient (Wildman–Crippen LogP) is 3.33. The molecule has 0 N–H and O–H groups in total. The van der Waals surface area contributed by atoms with Crippen LogP contribution in [0, 0.1) is 11.6 Å². The summed E-state index contributed by atoms with van der Waals surface area (Å²) in [7, 11) is 3.18. The number of rotatable bonds is 7. The van der Waals surface area contributed by atoms with Gasteiger partial charge in [0.15, 0.2) is 0 Å². The van der Waals surface area contributed by atoms with Gasteiger partial charge in [0.25, 0.3) is 0 Å². The number of aromatic nitrogens is 1. The first-order chi connectivity index (χ1) is 11.5. The van der Waals surface area contributed by atoms with E-state index in [1.807, 2.05) is 18.0 Å². The van der Waals surface area contributed by atoms with Crippen molar-refractivity contribution in [1.29, 1.82) is 0 Å². The van der Waals surface area contributed by atoms with Crippen LogP contribution in [0.5, 0.6) is 0 Å². The van der Waals surface area contributed by atoms with E-state index in [0.717, 1.165) is 11.6 Å². The second kappa shape index (κ2) is 8.49. The van der Waals surface area contributed by atoms with E-state index in [4.69, 9.17) is 0 Å². The van der Waals surface area contributed by atoms with Crippen molar-refractivity contribution in [3.05, 3.63) is 65.5 Å². The van der Waals surface area contributed by atoms with Crippen molar-refractivity contribution >= 4 is 5.97 Å². The molecule has 0 aliphatic carbocycles. The molecule has 128 valence electrons. The fraction of sp³-hybridized carbons (Fsp3) is 0.333. The molecule has 4 nitrogen and oxygen atoms in total. The van der Waals surface area contributed by atoms with Crippen LogP contribution in [-0.4, -0.2) is 36.6 Å². The summed E-state index contributed by atoms with van der Waals surface area (Å²) in [6.45, 7) is 0.547. The minimum absolute atomic E-state index is 0.283. The molecule has 1 heterocycles. The quantitative estimate of drug-likeness (QED) is 0.729. The summed E-state index contributed by atoms with van der Waals surface area (Å²) in [4.78, 5) is 17.2. The lowest BCUT2D eigenvalue weighted by Gasteiger charge is -2.29. The molecule has 24 heavy (non-hydrogen) atoms. The van der Waals surface area contributed by atoms with Gasteiger partial charge in [0.1, 0.15) is 11.6 Å². The van der Waals surface area contributed by atoms with Gasteiger partial charge in [0, 0.05) is 30.4 Å². The van der Waals surface area contributed by atoms with E-state index in [1.54, 1.807) is 18.5 Å². The summed E-state index contributed by atoms with van der Waals surface area (Å²) in [6.07, 6.45) is 4.15. The molecular weight excluding hydrogens is 314 g/mol. The molecule has 0 saturated carbocycles. The zero-order valence-electron chi connectivity index (χ0n) is 13.7. The SMILES string of the molecule is COC(=O)CCCN(C)C(c1cccnc1)c1ccc(F)cc1F. The number of methoxy groups -OCH3 is 1. The minimum atomic E-state index is -0.616. The molecule has 6 heteroatoms. The van der Waals surface area contributed by atoms with Crippen LogP contribution in [0.4, 0.5) is 8.78 Å². The number of esters is 1. The Morgan fingerprint density at radius 1 is 1.33 bits per heavy atom. The molecule has 0 bridgehead atoms. The van der Waals surface area contributed by atoms with Gasteiger partial charge in [-0.25, -0.2) is 8.78 Å². The van der Waals surface area contributed by atoms with Crippen LogP contribution < -0.4 is 0 Å². The molecule has 2 aromatic rings. The Bertz CT molecular complexity index is 680. The Labute approximate surface area is 140 Å². The van der Waals surface area contributed by atoms with Crippen LogP contribution in [0.15, 0.2) is 42.7 Å². The molecule has 0 radical (unpaired) electrons. The first kappa shape index (κ1) is 18.0. The number of halogens is 2. The first-order valence-electron chi connectivity index (χ1n) is 7.65. The summed E-state index contributed by atoms with van der Waals surface area (Å²) < 4.78 is 32.1. The molecule has 0 aliphatic heterocycles. The number of nitrogens with zero attached hydrogens (tertiary/aromatic N) is 2. The third-order valence-corrected chi connectivity index (χ3v) is 3.82. The largest absolute Gasteiger partial charge is 0.469 e. The van der Waals surface area contributed by atoms with E-state index < -0.39 is 17.7 Å². The van der Waals surface area contributed by atoms with Crippen molar-refractivity contribution in [2.45, 2.75) is 18.9 Å². The summed E-state index contributed by atoms with van der Waals surface area (Å²) in [6, 6.07) is 6.75. The highest BCUT2D eigenvalue weighted by atomic mass is 19.1. The van der Waals surface area contributed by atoms with Crippen LogP contribution in [-0.2, 0) is 9.53 Å². The maximum Gasteiger partial charge on any atom is 0.305 e. The van der Waals surface area contributed by atoms with E-state index in [9.17, 15) is 13.6 Å². The van der Waals surface area contributed by atoms with E-state index in [0.29, 0.717) is 18.5 Å². The number of ether oxygens (including phenoxy) is 1. The maximum absolute atomic E-state index is 14.3. The Kier molecular flexibility index (Phi) is 6.37. The van der Waals surface area contributed by atoms with Crippen molar-refractivity contribution in [3.8, 4) is 0 Å². The molecule has 0 amide bonds. The fourth-order valence-corrected chi connectivity index (χ4v) is 2.64. The number of carbonyl (C=O) groups excluding carboxylic acids is 1. The molecule has 0 fully saturated rings. The number of carbonyl (C=O) groups is 1. The zero-order valence-corrected chi connectivity index (χ0v) is 13.7. The topological polar surface area (TPSA) is 42.4 Å². The van der Waals surface area contributed by atoms with Gasteiger partial charge in [-0.2, -0.15) is 0 Å². The lowest BCUT2D eigenvalue weighted by atomic mass is 9.98. The normalized spacial score (nSPS) is 12.2. The number of benzene rings is 1. The number of pyridine rings is 1. The third-order valence-electron chi connectivity index (χ3n) is 3.82. The van der Waals surface area contributed by atoms with Gasteiger partial charge in [-0.3, -0.25) is 14.7 Å². The highest BCUT2D eigenvalue weighted by Crippen LogP contribution is 2.29. The van der Waals surface area contributed by atoms with Gasteiger partial charge in [-0.15, -0.1) is 0 Å². The van der Waals surface area contributed by atoms with E-state index in [1.165, 1.54) is 19.2 Å². The molecule has 1 unspecified atom stereocenters. The Morgan fingerprint density at radius 2 is 2.12 bits per heavy atom. The summed E-state index contributed by atoms with van der Waals surface area (Å²) in [5, 5.41) is 0. The average Bonchev–Trinajstić information content (AvgIpc) is 2.58. The van der Waals surface area contributed by atoms with Gasteiger partial charge in [0.05, 0.1) is 13.2 Å². The first-order valence-corrected chi connectivity index (χ1v) is 7.65. The molecule has 1 aromatic carbocycles. The molecule has 0 spiro atoms. The van der Waals surface area contributed by atoms with Crippen LogP contribution in [0.3, 0.4) is 0 Å². The zero-order chi connectivity index (χ0) is 17.5. The fourth-order valence-electron chi connectivity index (χ4n) is 2.64. The predicted molar refractivity (Wildman–Crippen MR) is 86.3 cm³/mol. The Morgan fingerprint density at radius 3 is 2.75 bits per heavy atom. The van der Waals surface area contributed by atoms with Crippen LogP contribution >= 0.6 is 0 Å². The second-order valence-corrected chi connectivity index (χ2v) is 5.52. The second-order valence-electron chi connectivity index (χ2n) is 5.52. The third kappa shape index (κ3) is 4.58. The Balaban J connectivity index is 2.25. The van der Waals surface area contributed by atoms with Crippen LogP contribution in [0.25, 0.3) is 0 Å². The minimum Gasteiger partial charge on any atom is -0.469 e. The van der Waals surface area contributed by atoms with Gasteiger partial charge < -0.3 is 4.74 Å². The number of hydrogen-bond acceptors (Lipinski definition) is 4. The standard InChI is InChI=1S/C18H20F2N2O2/c1-22(10-4-6-17(23)24-2)18(13-5-3-9-21-12-13)15-8-7-14(19)11-16(15)20/h3,5,7-9,11-12,18H,4,6,10H2,1-2H3. The number of hydrogen-bond donors (Lipinski definition) is 0. The van der Waals surface area contributed by atoms with Crippen LogP contribution in [0.1, 0.15) is 30.0 Å². The van der Waals surface area contributed by atoms with Gasteiger partial charge in [-0.1, -0.05) is 12.1 Å². The molecule has 1 aromatic heterocycles. The van der Waals surface area contributed by atoms with Crippen molar-refractivity contribution < 1.29 is 18.3 Å². The van der Waals surface area contributed by atoms with Crippen LogP contribution in [0.2, 0.25) is 0 Å². The van der Waals surface area contributed by atoms with Gasteiger partial charge in [0.2, 0.25) is 0 Å². The highest BCUT2D eigenvalue weighted by Gasteiger charge is 2.23. The van der Waals surface area contributed by atoms with Crippen molar-refractivity contribution in [1.82, 2.24) is 9.88 Å². The van der Waals surface area contributed by atoms with Gasteiger partial charge >= 0.3 is 5.97 Å². The molecule has 1 atom stereocenters. The molecule has 2 rings (SSSR count). The van der Waals surface area contributed by atoms with Crippen molar-refractivity contribution in [2.24, 2.45) is 0 Å². The van der Waals surface area contributed by atoms with Crippen molar-refractivity contribution in [3.63, 3.8) is 0 Å². The summed E-state index contributed by atoms with van der Waals surface area (Å²) >= 11 is 0. The monoisotopic (exact) mass is 334 g/mol. The van der Waals surface area contributed by atoms with E-state index >= 15 is 0 Å². The molecular formula is C18H20F2N2O2. The Hall–Kier alpha value is -2.34.